The largest absolute Gasteiger partial charge is 0.497 e. The highest BCUT2D eigenvalue weighted by Gasteiger charge is 2.52. The van der Waals surface area contributed by atoms with Crippen molar-refractivity contribution in [2.45, 2.75) is 45.8 Å². The zero-order chi connectivity index (χ0) is 12.8. The molecule has 0 bridgehead atoms. The Morgan fingerprint density at radius 3 is 2.12 bits per heavy atom. The van der Waals surface area contributed by atoms with E-state index < -0.39 is 18.3 Å². The van der Waals surface area contributed by atoms with Crippen LogP contribution in [0.25, 0.3) is 0 Å². The van der Waals surface area contributed by atoms with Crippen molar-refractivity contribution in [1.82, 2.24) is 0 Å². The normalized spacial score (nSPS) is 21.9. The van der Waals surface area contributed by atoms with Gasteiger partial charge < -0.3 is 9.31 Å². The van der Waals surface area contributed by atoms with Crippen LogP contribution in [-0.4, -0.2) is 18.3 Å². The first-order valence-electron chi connectivity index (χ1n) is 5.85. The van der Waals surface area contributed by atoms with Crippen LogP contribution in [0.15, 0.2) is 18.2 Å². The molecule has 2 nitrogen and oxygen atoms in total. The Balaban J connectivity index is 2.35. The number of hydrogen-bond donors (Lipinski definition) is 0. The van der Waals surface area contributed by atoms with Crippen LogP contribution in [0.3, 0.4) is 0 Å². The van der Waals surface area contributed by atoms with Crippen molar-refractivity contribution in [2.75, 3.05) is 0 Å². The molecular weight excluding hydrogens is 218 g/mol. The summed E-state index contributed by atoms with van der Waals surface area (Å²) >= 11 is 0. The molecule has 1 saturated heterocycles. The topological polar surface area (TPSA) is 18.5 Å². The molecule has 0 N–H and O–H groups in total. The van der Waals surface area contributed by atoms with Gasteiger partial charge >= 0.3 is 7.12 Å². The van der Waals surface area contributed by atoms with Gasteiger partial charge in [0.15, 0.2) is 0 Å². The highest BCUT2D eigenvalue weighted by molar-refractivity contribution is 6.62. The van der Waals surface area contributed by atoms with Crippen molar-refractivity contribution in [3.8, 4) is 0 Å². The van der Waals surface area contributed by atoms with Gasteiger partial charge in [0, 0.05) is 5.46 Å². The second-order valence-corrected chi connectivity index (χ2v) is 5.61. The van der Waals surface area contributed by atoms with E-state index in [9.17, 15) is 4.39 Å². The molecule has 92 valence electrons. The molecule has 0 aromatic heterocycles. The molecule has 1 heterocycles. The summed E-state index contributed by atoms with van der Waals surface area (Å²) in [6, 6.07) is 4.97. The summed E-state index contributed by atoms with van der Waals surface area (Å²) in [4.78, 5) is 0. The van der Waals surface area contributed by atoms with Crippen LogP contribution in [0.5, 0.6) is 0 Å². The molecule has 1 aliphatic rings. The molecule has 0 radical (unpaired) electrons. The van der Waals surface area contributed by atoms with Gasteiger partial charge in [-0.05, 0) is 40.7 Å². The Labute approximate surface area is 102 Å². The second-order valence-electron chi connectivity index (χ2n) is 5.61. The van der Waals surface area contributed by atoms with Crippen molar-refractivity contribution in [2.24, 2.45) is 0 Å². The molecule has 1 fully saturated rings. The summed E-state index contributed by atoms with van der Waals surface area (Å²) in [5, 5.41) is 0. The van der Waals surface area contributed by atoms with Crippen LogP contribution < -0.4 is 5.46 Å². The van der Waals surface area contributed by atoms with Gasteiger partial charge in [-0.2, -0.15) is 0 Å². The van der Waals surface area contributed by atoms with Crippen molar-refractivity contribution in [1.29, 1.82) is 0 Å². The predicted octanol–water partition coefficient (Wildman–Crippen LogP) is 2.43. The molecule has 4 heteroatoms. The smallest absolute Gasteiger partial charge is 0.399 e. The minimum absolute atomic E-state index is 0.283. The van der Waals surface area contributed by atoms with E-state index in [1.807, 2.05) is 34.6 Å². The Morgan fingerprint density at radius 1 is 1.06 bits per heavy atom. The first-order chi connectivity index (χ1) is 7.73. The van der Waals surface area contributed by atoms with Crippen molar-refractivity contribution in [3.63, 3.8) is 0 Å². The quantitative estimate of drug-likeness (QED) is 0.697. The molecule has 0 aliphatic carbocycles. The van der Waals surface area contributed by atoms with Gasteiger partial charge in [-0.3, -0.25) is 0 Å². The van der Waals surface area contributed by atoms with Crippen molar-refractivity contribution >= 4 is 12.6 Å². The van der Waals surface area contributed by atoms with Crippen LogP contribution in [0.4, 0.5) is 4.39 Å². The summed E-state index contributed by atoms with van der Waals surface area (Å²) in [5.74, 6) is -0.283. The average Bonchev–Trinajstić information content (AvgIpc) is 2.40. The molecule has 0 unspecified atom stereocenters. The summed E-state index contributed by atoms with van der Waals surface area (Å²) in [7, 11) is -0.625. The van der Waals surface area contributed by atoms with Crippen molar-refractivity contribution < 1.29 is 13.7 Å². The molecular formula is C13H18BFO2. The third-order valence-corrected chi connectivity index (χ3v) is 3.66. The molecule has 17 heavy (non-hydrogen) atoms. The highest BCUT2D eigenvalue weighted by atomic mass is 19.1. The van der Waals surface area contributed by atoms with E-state index in [0.29, 0.717) is 5.46 Å². The lowest BCUT2D eigenvalue weighted by molar-refractivity contribution is 0.00578. The maximum Gasteiger partial charge on any atom is 0.497 e. The first kappa shape index (κ1) is 12.6. The number of rotatable bonds is 1. The van der Waals surface area contributed by atoms with E-state index in [1.54, 1.807) is 12.1 Å². The number of hydrogen-bond acceptors (Lipinski definition) is 2. The van der Waals surface area contributed by atoms with Crippen LogP contribution in [0.2, 0.25) is 0 Å². The molecule has 0 saturated carbocycles. The summed E-state index contributed by atoms with van der Waals surface area (Å²) < 4.78 is 25.4. The summed E-state index contributed by atoms with van der Waals surface area (Å²) in [5.41, 5.74) is 0.599. The molecule has 1 aliphatic heterocycles. The number of benzene rings is 1. The molecule has 1 aromatic carbocycles. The Morgan fingerprint density at radius 2 is 1.59 bits per heavy atom. The van der Waals surface area contributed by atoms with E-state index in [1.165, 1.54) is 6.07 Å². The van der Waals surface area contributed by atoms with Gasteiger partial charge in [0.2, 0.25) is 0 Å². The minimum Gasteiger partial charge on any atom is -0.399 e. The van der Waals surface area contributed by atoms with Crippen LogP contribution in [0.1, 0.15) is 33.3 Å². The molecule has 2 rings (SSSR count). The summed E-state index contributed by atoms with van der Waals surface area (Å²) in [6.45, 7) is 9.76. The fraction of sp³-hybridized carbons (Fsp3) is 0.538. The first-order valence-corrected chi connectivity index (χ1v) is 5.85. The van der Waals surface area contributed by atoms with Crippen molar-refractivity contribution in [3.05, 3.63) is 29.6 Å². The van der Waals surface area contributed by atoms with Crippen LogP contribution in [-0.2, 0) is 9.31 Å². The van der Waals surface area contributed by atoms with Crippen LogP contribution in [0, 0.1) is 12.7 Å². The SMILES string of the molecule is Cc1ccc(F)c(B2OC(C)(C)C(C)(C)O2)c1. The maximum atomic E-state index is 13.8. The number of aryl methyl sites for hydroxylation is 1. The number of halogens is 1. The third-order valence-electron chi connectivity index (χ3n) is 3.66. The zero-order valence-electron chi connectivity index (χ0n) is 11.0. The highest BCUT2D eigenvalue weighted by Crippen LogP contribution is 2.36. The van der Waals surface area contributed by atoms with E-state index in [-0.39, 0.29) is 5.82 Å². The van der Waals surface area contributed by atoms with E-state index in [2.05, 4.69) is 0 Å². The Bertz CT molecular complexity index is 427. The van der Waals surface area contributed by atoms with Gasteiger partial charge in [-0.1, -0.05) is 17.7 Å². The van der Waals surface area contributed by atoms with Gasteiger partial charge in [0.25, 0.3) is 0 Å². The van der Waals surface area contributed by atoms with E-state index in [0.717, 1.165) is 5.56 Å². The Kier molecular flexibility index (Phi) is 2.83. The second kappa shape index (κ2) is 3.82. The molecule has 0 spiro atoms. The molecule has 0 amide bonds. The summed E-state index contributed by atoms with van der Waals surface area (Å²) in [6.07, 6.45) is 0. The Hall–Kier alpha value is -0.865. The van der Waals surface area contributed by atoms with Gasteiger partial charge in [-0.25, -0.2) is 4.39 Å². The standard InChI is InChI=1S/C13H18BFO2/c1-9-6-7-11(15)10(8-9)14-16-12(2,3)13(4,5)17-14/h6-8H,1-5H3. The van der Waals surface area contributed by atoms with Gasteiger partial charge in [0.1, 0.15) is 5.82 Å². The van der Waals surface area contributed by atoms with Crippen LogP contribution >= 0.6 is 0 Å². The van der Waals surface area contributed by atoms with Gasteiger partial charge in [0.05, 0.1) is 11.2 Å². The van der Waals surface area contributed by atoms with E-state index in [4.69, 9.17) is 9.31 Å². The molecule has 0 atom stereocenters. The monoisotopic (exact) mass is 236 g/mol. The maximum absolute atomic E-state index is 13.8. The fourth-order valence-electron chi connectivity index (χ4n) is 1.81. The average molecular weight is 236 g/mol. The predicted molar refractivity (Wildman–Crippen MR) is 66.9 cm³/mol. The fourth-order valence-corrected chi connectivity index (χ4v) is 1.81. The van der Waals surface area contributed by atoms with E-state index >= 15 is 0 Å². The zero-order valence-corrected chi connectivity index (χ0v) is 11.0. The molecule has 1 aromatic rings. The minimum atomic E-state index is -0.625. The lowest BCUT2D eigenvalue weighted by atomic mass is 9.78. The third kappa shape index (κ3) is 2.12. The van der Waals surface area contributed by atoms with Gasteiger partial charge in [-0.15, -0.1) is 0 Å². The lowest BCUT2D eigenvalue weighted by Gasteiger charge is -2.32. The lowest BCUT2D eigenvalue weighted by Crippen LogP contribution is -2.41.